The second-order valence-corrected chi connectivity index (χ2v) is 6.04. The van der Waals surface area contributed by atoms with Gasteiger partial charge in [0.2, 0.25) is 11.4 Å². The summed E-state index contributed by atoms with van der Waals surface area (Å²) in [6.45, 7) is 5.51. The Morgan fingerprint density at radius 1 is 1.09 bits per heavy atom. The Hall–Kier alpha value is -2.12. The number of pyridine rings is 1. The van der Waals surface area contributed by atoms with E-state index in [9.17, 15) is 13.0 Å². The number of aromatic hydroxyl groups is 1. The molecule has 1 aromatic carbocycles. The van der Waals surface area contributed by atoms with Gasteiger partial charge in [-0.1, -0.05) is 6.07 Å². The molecule has 2 aromatic rings. The molecule has 0 fully saturated rings. The van der Waals surface area contributed by atoms with E-state index in [4.69, 9.17) is 9.94 Å². The van der Waals surface area contributed by atoms with Crippen LogP contribution in [0.25, 0.3) is 0 Å². The lowest BCUT2D eigenvalue weighted by atomic mass is 10.2. The van der Waals surface area contributed by atoms with E-state index in [1.165, 1.54) is 19.1 Å². The number of phenolic OH excluding ortho intramolecular Hbond substituents is 1. The van der Waals surface area contributed by atoms with Gasteiger partial charge in [0.25, 0.3) is 0 Å². The molecule has 22 heavy (non-hydrogen) atoms. The van der Waals surface area contributed by atoms with Crippen molar-refractivity contribution >= 4 is 10.1 Å². The highest BCUT2D eigenvalue weighted by molar-refractivity contribution is 7.85. The zero-order valence-corrected chi connectivity index (χ0v) is 13.7. The lowest BCUT2D eigenvalue weighted by Gasteiger charge is -2.09. The minimum Gasteiger partial charge on any atom is -0.744 e. The van der Waals surface area contributed by atoms with Crippen LogP contribution in [0.3, 0.4) is 0 Å². The van der Waals surface area contributed by atoms with Crippen molar-refractivity contribution in [2.45, 2.75) is 25.7 Å². The summed E-state index contributed by atoms with van der Waals surface area (Å²) < 4.78 is 33.4. The second-order valence-electron chi connectivity index (χ2n) is 4.69. The van der Waals surface area contributed by atoms with E-state index in [2.05, 4.69) is 0 Å². The molecule has 1 N–H and O–H groups in total. The summed E-state index contributed by atoms with van der Waals surface area (Å²) in [5, 5.41) is 8.90. The molecule has 2 rings (SSSR count). The summed E-state index contributed by atoms with van der Waals surface area (Å²) in [5.74, 6) is -0.227. The number of rotatable bonds is 2. The average Bonchev–Trinajstić information content (AvgIpc) is 2.41. The van der Waals surface area contributed by atoms with Gasteiger partial charge in [-0.3, -0.25) is 4.84 Å². The predicted octanol–water partition coefficient (Wildman–Crippen LogP) is 1.25. The molecule has 0 saturated carbocycles. The molecule has 0 aliphatic rings. The monoisotopic (exact) mass is 325 g/mol. The van der Waals surface area contributed by atoms with E-state index in [-0.39, 0.29) is 10.6 Å². The van der Waals surface area contributed by atoms with Crippen LogP contribution in [0, 0.1) is 20.8 Å². The lowest BCUT2D eigenvalue weighted by Crippen LogP contribution is -2.45. The van der Waals surface area contributed by atoms with Gasteiger partial charge in [-0.15, -0.1) is 0 Å². The molecule has 7 heteroatoms. The smallest absolute Gasteiger partial charge is 0.231 e. The quantitative estimate of drug-likeness (QED) is 0.663. The number of aryl methyl sites for hydroxylation is 3. The summed E-state index contributed by atoms with van der Waals surface area (Å²) in [6.07, 6.45) is 0. The highest BCUT2D eigenvalue weighted by atomic mass is 32.2. The third-order valence-corrected chi connectivity index (χ3v) is 3.92. The summed E-state index contributed by atoms with van der Waals surface area (Å²) in [6, 6.07) is 9.68. The first-order valence-electron chi connectivity index (χ1n) is 6.45. The van der Waals surface area contributed by atoms with Crippen LogP contribution in [-0.4, -0.2) is 25.2 Å². The number of hydrogen-bond acceptors (Lipinski definition) is 5. The van der Waals surface area contributed by atoms with E-state index < -0.39 is 10.1 Å². The number of nitrogens with zero attached hydrogens (tertiary/aromatic N) is 1. The van der Waals surface area contributed by atoms with Gasteiger partial charge in [0.05, 0.1) is 4.90 Å². The summed E-state index contributed by atoms with van der Waals surface area (Å²) in [4.78, 5) is 4.72. The van der Waals surface area contributed by atoms with Gasteiger partial charge in [-0.05, 0) is 30.7 Å². The van der Waals surface area contributed by atoms with Crippen molar-refractivity contribution in [1.29, 1.82) is 0 Å². The van der Waals surface area contributed by atoms with E-state index in [1.807, 2.05) is 32.0 Å². The summed E-state index contributed by atoms with van der Waals surface area (Å²) in [5.41, 5.74) is 2.56. The topological polar surface area (TPSA) is 90.5 Å². The van der Waals surface area contributed by atoms with Gasteiger partial charge < -0.3 is 9.66 Å². The van der Waals surface area contributed by atoms with Crippen LogP contribution in [0.15, 0.2) is 41.3 Å². The molecule has 1 aromatic heterocycles. The van der Waals surface area contributed by atoms with Crippen molar-refractivity contribution in [3.05, 3.63) is 53.3 Å². The van der Waals surface area contributed by atoms with Crippen LogP contribution in [0.2, 0.25) is 0 Å². The maximum absolute atomic E-state index is 10.5. The standard InChI is InChI=1S/C8H12NO.C7H8O4S/c1-7-5-4-6-8(2)9(7)10-3;1-5-2-3-6(8)4-7(5)12(9,10)11/h4-6H,1-3H3;2-4,8H,1H3,(H,9,10,11)/q+1;/p-1. The normalized spacial score (nSPS) is 10.6. The fourth-order valence-corrected chi connectivity index (χ4v) is 2.61. The van der Waals surface area contributed by atoms with Crippen LogP contribution >= 0.6 is 0 Å². The highest BCUT2D eigenvalue weighted by Crippen LogP contribution is 2.19. The van der Waals surface area contributed by atoms with Crippen molar-refractivity contribution < 1.29 is 27.6 Å². The lowest BCUT2D eigenvalue weighted by molar-refractivity contribution is -0.893. The highest BCUT2D eigenvalue weighted by Gasteiger charge is 2.08. The maximum Gasteiger partial charge on any atom is 0.231 e. The van der Waals surface area contributed by atoms with Crippen LogP contribution in [0.4, 0.5) is 0 Å². The van der Waals surface area contributed by atoms with Crippen LogP contribution in [-0.2, 0) is 10.1 Å². The molecule has 0 atom stereocenters. The molecule has 0 bridgehead atoms. The van der Waals surface area contributed by atoms with Crippen LogP contribution < -0.4 is 9.57 Å². The first kappa shape index (κ1) is 17.9. The van der Waals surface area contributed by atoms with E-state index in [1.54, 1.807) is 11.8 Å². The second kappa shape index (κ2) is 7.24. The fraction of sp³-hybridized carbons (Fsp3) is 0.267. The Labute approximate surface area is 130 Å². The van der Waals surface area contributed by atoms with E-state index in [0.717, 1.165) is 17.5 Å². The molecule has 0 aliphatic carbocycles. The molecule has 6 nitrogen and oxygen atoms in total. The van der Waals surface area contributed by atoms with Crippen molar-refractivity contribution in [2.75, 3.05) is 7.11 Å². The molecule has 120 valence electrons. The number of phenols is 1. The minimum atomic E-state index is -4.47. The van der Waals surface area contributed by atoms with Crippen molar-refractivity contribution in [3.63, 3.8) is 0 Å². The fourth-order valence-electron chi connectivity index (χ4n) is 1.89. The van der Waals surface area contributed by atoms with Crippen LogP contribution in [0.5, 0.6) is 5.75 Å². The largest absolute Gasteiger partial charge is 0.744 e. The molecule has 1 heterocycles. The van der Waals surface area contributed by atoms with Gasteiger partial charge in [-0.2, -0.15) is 0 Å². The molecule has 0 amide bonds. The van der Waals surface area contributed by atoms with Gasteiger partial charge in [0.15, 0.2) is 0 Å². The van der Waals surface area contributed by atoms with Gasteiger partial charge in [0, 0.05) is 30.7 Å². The van der Waals surface area contributed by atoms with Crippen molar-refractivity contribution in [2.24, 2.45) is 0 Å². The van der Waals surface area contributed by atoms with Gasteiger partial charge >= 0.3 is 0 Å². The number of hydrogen-bond donors (Lipinski definition) is 1. The molecule has 0 aliphatic heterocycles. The Balaban J connectivity index is 0.000000224. The first-order chi connectivity index (χ1) is 10.2. The average molecular weight is 325 g/mol. The zero-order chi connectivity index (χ0) is 16.9. The number of aromatic nitrogens is 1. The van der Waals surface area contributed by atoms with Crippen LogP contribution in [0.1, 0.15) is 17.0 Å². The third-order valence-electron chi connectivity index (χ3n) is 2.94. The maximum atomic E-state index is 10.5. The SMILES string of the molecule is CO[n+]1c(C)cccc1C.Cc1ccc(O)cc1S(=O)(=O)[O-]. The third kappa shape index (κ3) is 4.71. The van der Waals surface area contributed by atoms with Gasteiger partial charge in [0.1, 0.15) is 23.0 Å². The van der Waals surface area contributed by atoms with Gasteiger partial charge in [-0.25, -0.2) is 8.42 Å². The molecular formula is C15H19NO5S. The predicted molar refractivity (Wildman–Crippen MR) is 79.4 cm³/mol. The zero-order valence-electron chi connectivity index (χ0n) is 12.9. The molecule has 0 radical (unpaired) electrons. The van der Waals surface area contributed by atoms with E-state index in [0.29, 0.717) is 5.56 Å². The molecular weight excluding hydrogens is 306 g/mol. The molecule has 0 saturated heterocycles. The van der Waals surface area contributed by atoms with Crippen molar-refractivity contribution in [1.82, 2.24) is 0 Å². The Morgan fingerprint density at radius 3 is 2.00 bits per heavy atom. The summed E-state index contributed by atoms with van der Waals surface area (Å²) in [7, 11) is -2.80. The van der Waals surface area contributed by atoms with E-state index >= 15 is 0 Å². The Bertz CT molecular complexity index is 736. The minimum absolute atomic E-state index is 0.227. The molecule has 0 unspecified atom stereocenters. The van der Waals surface area contributed by atoms with Crippen molar-refractivity contribution in [3.8, 4) is 5.75 Å². The molecule has 0 spiro atoms. The number of benzene rings is 1. The Morgan fingerprint density at radius 2 is 1.64 bits per heavy atom. The first-order valence-corrected chi connectivity index (χ1v) is 7.86. The summed E-state index contributed by atoms with van der Waals surface area (Å²) >= 11 is 0. The Kier molecular flexibility index (Phi) is 5.90.